The van der Waals surface area contributed by atoms with Crippen LogP contribution in [0, 0.1) is 0 Å². The zero-order chi connectivity index (χ0) is 23.3. The van der Waals surface area contributed by atoms with Gasteiger partial charge in [0, 0.05) is 35.3 Å². The van der Waals surface area contributed by atoms with Crippen LogP contribution >= 0.6 is 39.1 Å². The topological polar surface area (TPSA) is 48.4 Å². The fourth-order valence-electron chi connectivity index (χ4n) is 2.94. The van der Waals surface area contributed by atoms with Crippen LogP contribution in [0.1, 0.15) is 15.9 Å². The Morgan fingerprint density at radius 3 is 2.34 bits per heavy atom. The molecule has 0 radical (unpaired) electrons. The molecular weight excluding hydrogens is 529 g/mol. The maximum atomic E-state index is 11.4. The summed E-state index contributed by atoms with van der Waals surface area (Å²) in [7, 11) is -1.26. The maximum absolute atomic E-state index is 11.4. The number of carbonyl (C=O) groups is 1. The van der Waals surface area contributed by atoms with Gasteiger partial charge < -0.3 is 9.47 Å². The Kier molecular flexibility index (Phi) is 8.39. The van der Waals surface area contributed by atoms with Gasteiger partial charge in [-0.25, -0.2) is 0 Å². The van der Waals surface area contributed by atoms with Crippen molar-refractivity contribution in [2.24, 2.45) is 0 Å². The zero-order valence-electron chi connectivity index (χ0n) is 18.1. The molecule has 0 unspecified atom stereocenters. The summed E-state index contributed by atoms with van der Waals surface area (Å²) in [5.74, 6) is 0.650. The van der Waals surface area contributed by atoms with Crippen LogP contribution in [-0.2, 0) is 6.61 Å². The standard InChI is InChI=1S/C24H24BrCl2NO3Si/c1-32(2,3)13-12-30-24-16(14-29)10-11-21(28-24)31-15-17-6-4-7-18(22(17)26)19-8-5-9-20(25)23(19)27/h4-11,14H,12-13,15H2,1-3H3. The number of hydrogen-bond acceptors (Lipinski definition) is 4. The number of pyridine rings is 1. The third-order valence-corrected chi connectivity index (χ3v) is 8.22. The first-order chi connectivity index (χ1) is 15.2. The highest BCUT2D eigenvalue weighted by molar-refractivity contribution is 9.10. The fraction of sp³-hybridized carbons (Fsp3) is 0.250. The summed E-state index contributed by atoms with van der Waals surface area (Å²) in [6.07, 6.45) is 0.739. The summed E-state index contributed by atoms with van der Waals surface area (Å²) in [5.41, 5.74) is 2.85. The molecule has 0 aliphatic carbocycles. The van der Waals surface area contributed by atoms with Gasteiger partial charge in [0.05, 0.1) is 22.2 Å². The lowest BCUT2D eigenvalue weighted by Crippen LogP contribution is -2.22. The second-order valence-corrected chi connectivity index (χ2v) is 15.7. The summed E-state index contributed by atoms with van der Waals surface area (Å²) < 4.78 is 12.5. The molecule has 0 N–H and O–H groups in total. The van der Waals surface area contributed by atoms with Gasteiger partial charge in [0.2, 0.25) is 11.8 Å². The molecule has 0 saturated heterocycles. The molecule has 0 spiro atoms. The van der Waals surface area contributed by atoms with Crippen molar-refractivity contribution >= 4 is 53.5 Å². The third-order valence-electron chi connectivity index (χ3n) is 4.78. The first-order valence-corrected chi connectivity index (χ1v) is 15.4. The van der Waals surface area contributed by atoms with E-state index < -0.39 is 8.07 Å². The fourth-order valence-corrected chi connectivity index (χ4v) is 4.53. The summed E-state index contributed by atoms with van der Waals surface area (Å²) in [4.78, 5) is 15.7. The molecule has 1 aromatic heterocycles. The van der Waals surface area contributed by atoms with Crippen molar-refractivity contribution in [2.75, 3.05) is 6.61 Å². The van der Waals surface area contributed by atoms with Crippen LogP contribution in [0.4, 0.5) is 0 Å². The van der Waals surface area contributed by atoms with Gasteiger partial charge in [0.1, 0.15) is 6.61 Å². The van der Waals surface area contributed by atoms with Crippen molar-refractivity contribution in [3.8, 4) is 22.9 Å². The molecule has 168 valence electrons. The average molecular weight is 553 g/mol. The van der Waals surface area contributed by atoms with Crippen molar-refractivity contribution in [3.63, 3.8) is 0 Å². The van der Waals surface area contributed by atoms with Crippen molar-refractivity contribution in [1.82, 2.24) is 4.98 Å². The van der Waals surface area contributed by atoms with E-state index in [2.05, 4.69) is 40.6 Å². The molecule has 0 saturated carbocycles. The van der Waals surface area contributed by atoms with Gasteiger partial charge in [0.25, 0.3) is 0 Å². The predicted octanol–water partition coefficient (Wildman–Crippen LogP) is 7.93. The van der Waals surface area contributed by atoms with Crippen LogP contribution in [0.3, 0.4) is 0 Å². The molecule has 0 atom stereocenters. The van der Waals surface area contributed by atoms with E-state index in [1.165, 1.54) is 0 Å². The number of rotatable bonds is 9. The quantitative estimate of drug-likeness (QED) is 0.200. The van der Waals surface area contributed by atoms with E-state index in [9.17, 15) is 4.79 Å². The van der Waals surface area contributed by atoms with Crippen LogP contribution in [0.2, 0.25) is 35.7 Å². The molecule has 3 rings (SSSR count). The molecular formula is C24H24BrCl2NO3Si. The minimum absolute atomic E-state index is 0.208. The van der Waals surface area contributed by atoms with Crippen molar-refractivity contribution in [2.45, 2.75) is 32.3 Å². The zero-order valence-corrected chi connectivity index (χ0v) is 22.2. The lowest BCUT2D eigenvalue weighted by molar-refractivity contribution is 0.111. The minimum Gasteiger partial charge on any atom is -0.477 e. The second-order valence-electron chi connectivity index (χ2n) is 8.49. The largest absolute Gasteiger partial charge is 0.477 e. The SMILES string of the molecule is C[Si](C)(C)CCOc1nc(OCc2cccc(-c3cccc(Br)c3Cl)c2Cl)ccc1C=O. The Balaban J connectivity index is 1.77. The molecule has 0 fully saturated rings. The number of hydrogen-bond donors (Lipinski definition) is 0. The van der Waals surface area contributed by atoms with E-state index in [0.717, 1.165) is 33.5 Å². The summed E-state index contributed by atoms with van der Waals surface area (Å²) >= 11 is 16.6. The van der Waals surface area contributed by atoms with Crippen molar-refractivity contribution < 1.29 is 14.3 Å². The lowest BCUT2D eigenvalue weighted by Gasteiger charge is -2.16. The highest BCUT2D eigenvalue weighted by Crippen LogP contribution is 2.38. The van der Waals surface area contributed by atoms with Crippen LogP contribution in [0.25, 0.3) is 11.1 Å². The molecule has 0 aliphatic rings. The number of benzene rings is 2. The van der Waals surface area contributed by atoms with E-state index >= 15 is 0 Å². The van der Waals surface area contributed by atoms with Gasteiger partial charge in [0.15, 0.2) is 6.29 Å². The van der Waals surface area contributed by atoms with Gasteiger partial charge in [-0.05, 0) is 34.1 Å². The normalized spacial score (nSPS) is 11.3. The Hall–Kier alpha value is -1.86. The third kappa shape index (κ3) is 6.35. The number of aromatic nitrogens is 1. The van der Waals surface area contributed by atoms with E-state index in [-0.39, 0.29) is 12.5 Å². The minimum atomic E-state index is -1.26. The molecule has 3 aromatic rings. The Bertz CT molecular complexity index is 1120. The molecule has 4 nitrogen and oxygen atoms in total. The Morgan fingerprint density at radius 2 is 1.66 bits per heavy atom. The Morgan fingerprint density at radius 1 is 0.969 bits per heavy atom. The van der Waals surface area contributed by atoms with Gasteiger partial charge in [-0.1, -0.05) is 73.2 Å². The van der Waals surface area contributed by atoms with Gasteiger partial charge in [-0.2, -0.15) is 4.98 Å². The number of ether oxygens (including phenoxy) is 2. The Labute approximate surface area is 208 Å². The first-order valence-electron chi connectivity index (χ1n) is 10.1. The first kappa shape index (κ1) is 24.8. The van der Waals surface area contributed by atoms with E-state index in [1.807, 2.05) is 36.4 Å². The molecule has 8 heteroatoms. The van der Waals surface area contributed by atoms with Crippen LogP contribution in [0.5, 0.6) is 11.8 Å². The summed E-state index contributed by atoms with van der Waals surface area (Å²) in [5, 5.41) is 1.15. The van der Waals surface area contributed by atoms with Gasteiger partial charge in [-0.15, -0.1) is 0 Å². The smallest absolute Gasteiger partial charge is 0.227 e. The highest BCUT2D eigenvalue weighted by Gasteiger charge is 2.16. The van der Waals surface area contributed by atoms with Gasteiger partial charge in [-0.3, -0.25) is 4.79 Å². The van der Waals surface area contributed by atoms with E-state index in [4.69, 9.17) is 32.7 Å². The van der Waals surface area contributed by atoms with Crippen molar-refractivity contribution in [3.05, 3.63) is 74.2 Å². The number of carbonyl (C=O) groups excluding carboxylic acids is 1. The molecule has 32 heavy (non-hydrogen) atoms. The predicted molar refractivity (Wildman–Crippen MR) is 137 cm³/mol. The van der Waals surface area contributed by atoms with Crippen LogP contribution in [0.15, 0.2) is 53.0 Å². The molecule has 0 amide bonds. The summed E-state index contributed by atoms with van der Waals surface area (Å²) in [6, 6.07) is 15.7. The average Bonchev–Trinajstić information content (AvgIpc) is 2.74. The van der Waals surface area contributed by atoms with E-state index in [0.29, 0.717) is 28.1 Å². The number of aldehydes is 1. The lowest BCUT2D eigenvalue weighted by atomic mass is 10.0. The van der Waals surface area contributed by atoms with Crippen LogP contribution in [-0.4, -0.2) is 26.0 Å². The molecule has 1 heterocycles. The maximum Gasteiger partial charge on any atom is 0.227 e. The molecule has 0 aliphatic heterocycles. The van der Waals surface area contributed by atoms with Gasteiger partial charge >= 0.3 is 0 Å². The van der Waals surface area contributed by atoms with Crippen molar-refractivity contribution in [1.29, 1.82) is 0 Å². The second kappa shape index (κ2) is 10.8. The van der Waals surface area contributed by atoms with E-state index in [1.54, 1.807) is 12.1 Å². The summed E-state index contributed by atoms with van der Waals surface area (Å²) in [6.45, 7) is 7.53. The molecule has 2 aromatic carbocycles. The monoisotopic (exact) mass is 551 g/mol. The molecule has 0 bridgehead atoms. The number of halogens is 3. The van der Waals surface area contributed by atoms with Crippen LogP contribution < -0.4 is 9.47 Å². The highest BCUT2D eigenvalue weighted by atomic mass is 79.9. The number of nitrogens with zero attached hydrogens (tertiary/aromatic N) is 1.